The van der Waals surface area contributed by atoms with Gasteiger partial charge in [0.05, 0.1) is 0 Å². The van der Waals surface area contributed by atoms with Crippen LogP contribution in [0.25, 0.3) is 0 Å². The number of nitrogens with one attached hydrogen (secondary N) is 1. The van der Waals surface area contributed by atoms with Crippen molar-refractivity contribution in [1.29, 1.82) is 0 Å². The van der Waals surface area contributed by atoms with Crippen LogP contribution in [-0.2, 0) is 0 Å². The third kappa shape index (κ3) is 3.50. The Balaban J connectivity index is 2.11. The summed E-state index contributed by atoms with van der Waals surface area (Å²) >= 11 is 0. The molecule has 2 heteroatoms. The highest BCUT2D eigenvalue weighted by molar-refractivity contribution is 5.47. The van der Waals surface area contributed by atoms with Crippen LogP contribution in [0.1, 0.15) is 38.7 Å². The van der Waals surface area contributed by atoms with E-state index >= 15 is 0 Å². The number of hydrogen-bond acceptors (Lipinski definition) is 2. The highest BCUT2D eigenvalue weighted by Gasteiger charge is 2.34. The Morgan fingerprint density at radius 2 is 1.95 bits per heavy atom. The van der Waals surface area contributed by atoms with E-state index in [0.717, 1.165) is 6.54 Å². The molecule has 19 heavy (non-hydrogen) atoms. The lowest BCUT2D eigenvalue weighted by Gasteiger charge is -2.35. The van der Waals surface area contributed by atoms with E-state index in [2.05, 4.69) is 55.3 Å². The Labute approximate surface area is 118 Å². The van der Waals surface area contributed by atoms with Crippen molar-refractivity contribution in [3.8, 4) is 0 Å². The average Bonchev–Trinajstić information content (AvgIpc) is 2.86. The second-order valence-electron chi connectivity index (χ2n) is 6.03. The van der Waals surface area contributed by atoms with E-state index in [0.29, 0.717) is 5.41 Å². The van der Waals surface area contributed by atoms with Gasteiger partial charge in [0.25, 0.3) is 0 Å². The molecule has 2 nitrogen and oxygen atoms in total. The largest absolute Gasteiger partial charge is 0.371 e. The Morgan fingerprint density at radius 1 is 1.21 bits per heavy atom. The van der Waals surface area contributed by atoms with Crippen LogP contribution in [0.4, 0.5) is 5.69 Å². The second-order valence-corrected chi connectivity index (χ2v) is 6.03. The first kappa shape index (κ1) is 14.4. The van der Waals surface area contributed by atoms with Crippen molar-refractivity contribution >= 4 is 5.69 Å². The summed E-state index contributed by atoms with van der Waals surface area (Å²) in [5.41, 5.74) is 3.19. The van der Waals surface area contributed by atoms with Crippen LogP contribution in [0, 0.1) is 12.3 Å². The van der Waals surface area contributed by atoms with Gasteiger partial charge in [-0.15, -0.1) is 0 Å². The van der Waals surface area contributed by atoms with Gasteiger partial charge in [0.15, 0.2) is 0 Å². The first-order valence-electron chi connectivity index (χ1n) is 7.71. The zero-order valence-corrected chi connectivity index (χ0v) is 12.7. The minimum Gasteiger partial charge on any atom is -0.371 e. The molecule has 106 valence electrons. The molecule has 0 aromatic heterocycles. The van der Waals surface area contributed by atoms with Crippen molar-refractivity contribution in [3.63, 3.8) is 0 Å². The van der Waals surface area contributed by atoms with Gasteiger partial charge in [-0.25, -0.2) is 0 Å². The Morgan fingerprint density at radius 3 is 2.47 bits per heavy atom. The number of hydrogen-bond donors (Lipinski definition) is 1. The van der Waals surface area contributed by atoms with E-state index in [4.69, 9.17) is 0 Å². The Kier molecular flexibility index (Phi) is 4.87. The summed E-state index contributed by atoms with van der Waals surface area (Å²) in [6, 6.07) is 8.97. The molecule has 1 unspecified atom stereocenters. The number of anilines is 1. The molecule has 1 fully saturated rings. The molecule has 1 N–H and O–H groups in total. The van der Waals surface area contributed by atoms with Gasteiger partial charge in [-0.3, -0.25) is 0 Å². The molecule has 1 aromatic carbocycles. The lowest BCUT2D eigenvalue weighted by Crippen LogP contribution is -2.39. The molecule has 2 rings (SSSR count). The fraction of sp³-hybridized carbons (Fsp3) is 0.647. The maximum absolute atomic E-state index is 3.56. The van der Waals surface area contributed by atoms with Crippen LogP contribution < -0.4 is 10.2 Å². The topological polar surface area (TPSA) is 15.3 Å². The predicted octanol–water partition coefficient (Wildman–Crippen LogP) is 3.60. The first-order chi connectivity index (χ1) is 9.19. The summed E-state index contributed by atoms with van der Waals surface area (Å²) in [5, 5.41) is 3.56. The normalized spacial score (nSPS) is 22.7. The van der Waals surface area contributed by atoms with Crippen LogP contribution in [0.3, 0.4) is 0 Å². The van der Waals surface area contributed by atoms with Crippen LogP contribution in [0.2, 0.25) is 0 Å². The molecule has 1 saturated heterocycles. The van der Waals surface area contributed by atoms with Crippen molar-refractivity contribution in [2.75, 3.05) is 31.1 Å². The molecule has 0 bridgehead atoms. The molecular weight excluding hydrogens is 232 g/mol. The summed E-state index contributed by atoms with van der Waals surface area (Å²) in [6.45, 7) is 11.4. The predicted molar refractivity (Wildman–Crippen MR) is 83.9 cm³/mol. The van der Waals surface area contributed by atoms with E-state index < -0.39 is 0 Å². The van der Waals surface area contributed by atoms with Gasteiger partial charge < -0.3 is 10.2 Å². The summed E-state index contributed by atoms with van der Waals surface area (Å²) < 4.78 is 0. The number of benzene rings is 1. The SMILES string of the molecule is CCCC1(CN(CC)c2ccc(C)cc2)CCNC1. The number of aryl methyl sites for hydroxylation is 1. The van der Waals surface area contributed by atoms with Gasteiger partial charge in [-0.2, -0.15) is 0 Å². The standard InChI is InChI=1S/C17H28N2/c1-4-10-17(11-12-18-13-17)14-19(5-2)16-8-6-15(3)7-9-16/h6-9,18H,4-5,10-14H2,1-3H3. The van der Waals surface area contributed by atoms with Crippen LogP contribution in [0.15, 0.2) is 24.3 Å². The van der Waals surface area contributed by atoms with E-state index in [1.165, 1.54) is 50.1 Å². The minimum atomic E-state index is 0.482. The molecule has 1 aliphatic rings. The molecule has 1 heterocycles. The lowest BCUT2D eigenvalue weighted by molar-refractivity contribution is 0.296. The fourth-order valence-corrected chi connectivity index (χ4v) is 3.30. The van der Waals surface area contributed by atoms with E-state index in [-0.39, 0.29) is 0 Å². The molecule has 0 aliphatic carbocycles. The Hall–Kier alpha value is -1.02. The average molecular weight is 260 g/mol. The summed E-state index contributed by atoms with van der Waals surface area (Å²) in [6.07, 6.45) is 3.94. The van der Waals surface area contributed by atoms with E-state index in [1.807, 2.05) is 0 Å². The molecule has 1 aliphatic heterocycles. The van der Waals surface area contributed by atoms with Crippen molar-refractivity contribution in [2.24, 2.45) is 5.41 Å². The van der Waals surface area contributed by atoms with E-state index in [9.17, 15) is 0 Å². The molecule has 0 amide bonds. The van der Waals surface area contributed by atoms with Crippen molar-refractivity contribution < 1.29 is 0 Å². The third-order valence-corrected chi connectivity index (χ3v) is 4.42. The molecule has 1 atom stereocenters. The van der Waals surface area contributed by atoms with Gasteiger partial charge in [0.1, 0.15) is 0 Å². The van der Waals surface area contributed by atoms with Crippen molar-refractivity contribution in [1.82, 2.24) is 5.32 Å². The van der Waals surface area contributed by atoms with Crippen LogP contribution >= 0.6 is 0 Å². The zero-order chi connectivity index (χ0) is 13.7. The lowest BCUT2D eigenvalue weighted by atomic mass is 9.82. The van der Waals surface area contributed by atoms with Gasteiger partial charge in [-0.05, 0) is 45.4 Å². The molecule has 0 spiro atoms. The molecule has 1 aromatic rings. The first-order valence-corrected chi connectivity index (χ1v) is 7.71. The van der Waals surface area contributed by atoms with Crippen molar-refractivity contribution in [3.05, 3.63) is 29.8 Å². The fourth-order valence-electron chi connectivity index (χ4n) is 3.30. The molecule has 0 saturated carbocycles. The van der Waals surface area contributed by atoms with Gasteiger partial charge in [0.2, 0.25) is 0 Å². The van der Waals surface area contributed by atoms with Crippen molar-refractivity contribution in [2.45, 2.75) is 40.0 Å². The smallest absolute Gasteiger partial charge is 0.0366 e. The monoisotopic (exact) mass is 260 g/mol. The van der Waals surface area contributed by atoms with Gasteiger partial charge in [0, 0.05) is 30.7 Å². The third-order valence-electron chi connectivity index (χ3n) is 4.42. The Bertz CT molecular complexity index is 377. The summed E-state index contributed by atoms with van der Waals surface area (Å²) in [4.78, 5) is 2.54. The molecular formula is C17H28N2. The molecule has 0 radical (unpaired) electrons. The summed E-state index contributed by atoms with van der Waals surface area (Å²) in [5.74, 6) is 0. The van der Waals surface area contributed by atoms with Gasteiger partial charge in [-0.1, -0.05) is 31.0 Å². The minimum absolute atomic E-state index is 0.482. The van der Waals surface area contributed by atoms with Crippen LogP contribution in [0.5, 0.6) is 0 Å². The number of nitrogens with zero attached hydrogens (tertiary/aromatic N) is 1. The van der Waals surface area contributed by atoms with E-state index in [1.54, 1.807) is 0 Å². The van der Waals surface area contributed by atoms with Gasteiger partial charge >= 0.3 is 0 Å². The second kappa shape index (κ2) is 6.42. The maximum atomic E-state index is 3.56. The quantitative estimate of drug-likeness (QED) is 0.840. The highest BCUT2D eigenvalue weighted by Crippen LogP contribution is 2.33. The van der Waals surface area contributed by atoms with Crippen LogP contribution in [-0.4, -0.2) is 26.2 Å². The zero-order valence-electron chi connectivity index (χ0n) is 12.7. The maximum Gasteiger partial charge on any atom is 0.0366 e. The highest BCUT2D eigenvalue weighted by atomic mass is 15.1. The summed E-state index contributed by atoms with van der Waals surface area (Å²) in [7, 11) is 0. The number of rotatable bonds is 6.